The second-order valence-corrected chi connectivity index (χ2v) is 5.84. The Kier molecular flexibility index (Phi) is 4.51. The number of nitrogens with zero attached hydrogens (tertiary/aromatic N) is 3. The lowest BCUT2D eigenvalue weighted by molar-refractivity contribution is -0.132. The van der Waals surface area contributed by atoms with Crippen LogP contribution in [0, 0.1) is 6.92 Å². The fraction of sp³-hybridized carbons (Fsp3) is 0.471. The number of piperidine rings is 1. The molecule has 0 spiro atoms. The molecule has 1 amide bonds. The number of hydrogen-bond acceptors (Lipinski definition) is 4. The molecular formula is C17H21N3O2. The zero-order valence-corrected chi connectivity index (χ0v) is 12.9. The van der Waals surface area contributed by atoms with Crippen molar-refractivity contribution in [1.82, 2.24) is 15.0 Å². The van der Waals surface area contributed by atoms with Gasteiger partial charge in [-0.15, -0.1) is 0 Å². The molecule has 1 aromatic carbocycles. The molecule has 1 atom stereocenters. The minimum absolute atomic E-state index is 0.177. The van der Waals surface area contributed by atoms with Crippen molar-refractivity contribution < 1.29 is 9.32 Å². The highest BCUT2D eigenvalue weighted by Gasteiger charge is 2.27. The molecule has 0 saturated carbocycles. The van der Waals surface area contributed by atoms with Gasteiger partial charge in [0.1, 0.15) is 0 Å². The van der Waals surface area contributed by atoms with Gasteiger partial charge in [0.25, 0.3) is 0 Å². The highest BCUT2D eigenvalue weighted by atomic mass is 16.5. The van der Waals surface area contributed by atoms with Crippen molar-refractivity contribution >= 4 is 5.91 Å². The third kappa shape index (κ3) is 3.53. The molecule has 5 heteroatoms. The maximum atomic E-state index is 12.4. The first-order valence-corrected chi connectivity index (χ1v) is 7.84. The summed E-state index contributed by atoms with van der Waals surface area (Å²) in [7, 11) is 0. The number of aromatic nitrogens is 2. The van der Waals surface area contributed by atoms with Crippen LogP contribution >= 0.6 is 0 Å². The predicted molar refractivity (Wildman–Crippen MR) is 82.4 cm³/mol. The molecule has 1 aromatic heterocycles. The summed E-state index contributed by atoms with van der Waals surface area (Å²) in [5.41, 5.74) is 1.21. The van der Waals surface area contributed by atoms with Crippen LogP contribution in [0.15, 0.2) is 34.9 Å². The molecule has 0 radical (unpaired) electrons. The number of carbonyl (C=O) groups excluding carboxylic acids is 1. The molecule has 22 heavy (non-hydrogen) atoms. The highest BCUT2D eigenvalue weighted by molar-refractivity contribution is 5.76. The Balaban J connectivity index is 1.56. The van der Waals surface area contributed by atoms with E-state index in [1.807, 2.05) is 30.0 Å². The smallest absolute Gasteiger partial charge is 0.231 e. The summed E-state index contributed by atoms with van der Waals surface area (Å²) in [6, 6.07) is 10.1. The van der Waals surface area contributed by atoms with Gasteiger partial charge in [-0.1, -0.05) is 35.5 Å². The first-order valence-electron chi connectivity index (χ1n) is 7.84. The summed E-state index contributed by atoms with van der Waals surface area (Å²) in [6.07, 6.45) is 3.34. The lowest BCUT2D eigenvalue weighted by atomic mass is 9.97. The van der Waals surface area contributed by atoms with Gasteiger partial charge in [0.2, 0.25) is 11.8 Å². The van der Waals surface area contributed by atoms with E-state index in [0.29, 0.717) is 24.7 Å². The van der Waals surface area contributed by atoms with Gasteiger partial charge in [-0.3, -0.25) is 4.79 Å². The Morgan fingerprint density at radius 2 is 2.18 bits per heavy atom. The topological polar surface area (TPSA) is 59.2 Å². The molecule has 116 valence electrons. The van der Waals surface area contributed by atoms with E-state index in [0.717, 1.165) is 25.8 Å². The number of hydrogen-bond donors (Lipinski definition) is 0. The molecule has 1 saturated heterocycles. The van der Waals surface area contributed by atoms with E-state index in [1.54, 1.807) is 0 Å². The van der Waals surface area contributed by atoms with Gasteiger partial charge in [-0.05, 0) is 31.7 Å². The van der Waals surface area contributed by atoms with Crippen molar-refractivity contribution in [1.29, 1.82) is 0 Å². The fourth-order valence-corrected chi connectivity index (χ4v) is 2.94. The van der Waals surface area contributed by atoms with Crippen LogP contribution in [-0.4, -0.2) is 34.0 Å². The van der Waals surface area contributed by atoms with Crippen LogP contribution in [0.5, 0.6) is 0 Å². The lowest BCUT2D eigenvalue weighted by Gasteiger charge is -2.31. The number of rotatable bonds is 4. The molecule has 0 N–H and O–H groups in total. The van der Waals surface area contributed by atoms with Crippen LogP contribution in [0.25, 0.3) is 0 Å². The number of benzene rings is 1. The first-order chi connectivity index (χ1) is 10.7. The van der Waals surface area contributed by atoms with Crippen LogP contribution in [0.1, 0.15) is 42.5 Å². The van der Waals surface area contributed by atoms with Crippen LogP contribution in [-0.2, 0) is 11.2 Å². The summed E-state index contributed by atoms with van der Waals surface area (Å²) in [5.74, 6) is 1.71. The van der Waals surface area contributed by atoms with Crippen LogP contribution in [0.4, 0.5) is 0 Å². The minimum atomic E-state index is 0.177. The minimum Gasteiger partial charge on any atom is -0.342 e. The molecule has 5 nitrogen and oxygen atoms in total. The maximum absolute atomic E-state index is 12.4. The number of likely N-dealkylation sites (tertiary alicyclic amines) is 1. The van der Waals surface area contributed by atoms with E-state index in [-0.39, 0.29) is 11.8 Å². The van der Waals surface area contributed by atoms with Crippen molar-refractivity contribution in [2.75, 3.05) is 13.1 Å². The molecule has 3 rings (SSSR count). The van der Waals surface area contributed by atoms with E-state index in [4.69, 9.17) is 4.52 Å². The van der Waals surface area contributed by atoms with E-state index >= 15 is 0 Å². The average Bonchev–Trinajstić information content (AvgIpc) is 3.00. The summed E-state index contributed by atoms with van der Waals surface area (Å²) >= 11 is 0. The summed E-state index contributed by atoms with van der Waals surface area (Å²) in [4.78, 5) is 18.7. The van der Waals surface area contributed by atoms with Gasteiger partial charge in [0.05, 0.1) is 5.92 Å². The van der Waals surface area contributed by atoms with Crippen molar-refractivity contribution in [2.45, 2.75) is 38.5 Å². The standard InChI is InChI=1S/C17H21N3O2/c1-13-18-17(22-19-13)15-8-5-11-20(12-15)16(21)10-9-14-6-3-2-4-7-14/h2-4,6-7,15H,5,8-12H2,1H3/t15-/m0/s1. The molecule has 2 aromatic rings. The van der Waals surface area contributed by atoms with E-state index in [1.165, 1.54) is 5.56 Å². The van der Waals surface area contributed by atoms with E-state index in [2.05, 4.69) is 22.3 Å². The first kappa shape index (κ1) is 14.8. The summed E-state index contributed by atoms with van der Waals surface area (Å²) < 4.78 is 5.26. The zero-order chi connectivity index (χ0) is 15.4. The normalized spacial score (nSPS) is 18.4. The van der Waals surface area contributed by atoms with Gasteiger partial charge < -0.3 is 9.42 Å². The Hall–Kier alpha value is -2.17. The zero-order valence-electron chi connectivity index (χ0n) is 12.9. The molecule has 0 unspecified atom stereocenters. The SMILES string of the molecule is Cc1noc([C@H]2CCCN(C(=O)CCc3ccccc3)C2)n1. The van der Waals surface area contributed by atoms with Gasteiger partial charge >= 0.3 is 0 Å². The van der Waals surface area contributed by atoms with E-state index < -0.39 is 0 Å². The Bertz CT molecular complexity index is 624. The fourth-order valence-electron chi connectivity index (χ4n) is 2.94. The van der Waals surface area contributed by atoms with Crippen LogP contribution in [0.3, 0.4) is 0 Å². The van der Waals surface area contributed by atoms with Gasteiger partial charge in [0, 0.05) is 19.5 Å². The molecule has 2 heterocycles. The second kappa shape index (κ2) is 6.73. The highest BCUT2D eigenvalue weighted by Crippen LogP contribution is 2.26. The van der Waals surface area contributed by atoms with Crippen LogP contribution < -0.4 is 0 Å². The number of carbonyl (C=O) groups is 1. The third-order valence-electron chi connectivity index (χ3n) is 4.14. The van der Waals surface area contributed by atoms with Crippen molar-refractivity contribution in [3.05, 3.63) is 47.6 Å². The predicted octanol–water partition coefficient (Wildman–Crippen LogP) is 2.72. The van der Waals surface area contributed by atoms with Crippen molar-refractivity contribution in [3.63, 3.8) is 0 Å². The molecule has 0 aliphatic carbocycles. The Labute approximate surface area is 130 Å². The third-order valence-corrected chi connectivity index (χ3v) is 4.14. The Morgan fingerprint density at radius 1 is 1.36 bits per heavy atom. The average molecular weight is 299 g/mol. The quantitative estimate of drug-likeness (QED) is 0.871. The van der Waals surface area contributed by atoms with Gasteiger partial charge in [0.15, 0.2) is 5.82 Å². The molecule has 1 fully saturated rings. The van der Waals surface area contributed by atoms with E-state index in [9.17, 15) is 4.79 Å². The van der Waals surface area contributed by atoms with Crippen LogP contribution in [0.2, 0.25) is 0 Å². The number of amides is 1. The Morgan fingerprint density at radius 3 is 2.91 bits per heavy atom. The summed E-state index contributed by atoms with van der Waals surface area (Å²) in [5, 5.41) is 3.85. The second-order valence-electron chi connectivity index (χ2n) is 5.84. The van der Waals surface area contributed by atoms with Gasteiger partial charge in [-0.2, -0.15) is 4.98 Å². The maximum Gasteiger partial charge on any atom is 0.231 e. The van der Waals surface area contributed by atoms with Gasteiger partial charge in [-0.25, -0.2) is 0 Å². The summed E-state index contributed by atoms with van der Waals surface area (Å²) in [6.45, 7) is 3.34. The molecule has 1 aliphatic heterocycles. The number of aryl methyl sites for hydroxylation is 2. The van der Waals surface area contributed by atoms with Crippen molar-refractivity contribution in [2.24, 2.45) is 0 Å². The largest absolute Gasteiger partial charge is 0.342 e. The molecular weight excluding hydrogens is 278 g/mol. The molecule has 1 aliphatic rings. The monoisotopic (exact) mass is 299 g/mol. The lowest BCUT2D eigenvalue weighted by Crippen LogP contribution is -2.39. The van der Waals surface area contributed by atoms with Crippen molar-refractivity contribution in [3.8, 4) is 0 Å². The molecule has 0 bridgehead atoms.